The second-order valence-electron chi connectivity index (χ2n) is 9.22. The summed E-state index contributed by atoms with van der Waals surface area (Å²) in [6.45, 7) is 9.28. The SMILES string of the molecule is CC(C)CCC(=O)NCCN(C1CCOCC1)C1CCCN(C(=O)C2CC2)C1. The number of hydrogen-bond acceptors (Lipinski definition) is 4. The van der Waals surface area contributed by atoms with Crippen LogP contribution in [0.15, 0.2) is 0 Å². The van der Waals surface area contributed by atoms with E-state index in [-0.39, 0.29) is 5.91 Å². The van der Waals surface area contributed by atoms with E-state index in [0.29, 0.717) is 42.8 Å². The summed E-state index contributed by atoms with van der Waals surface area (Å²) in [6, 6.07) is 0.911. The maximum absolute atomic E-state index is 12.6. The number of carbonyl (C=O) groups excluding carboxylic acids is 2. The Morgan fingerprint density at radius 2 is 1.86 bits per heavy atom. The topological polar surface area (TPSA) is 61.9 Å². The van der Waals surface area contributed by atoms with Gasteiger partial charge in [-0.15, -0.1) is 0 Å². The lowest BCUT2D eigenvalue weighted by Crippen LogP contribution is -2.55. The lowest BCUT2D eigenvalue weighted by molar-refractivity contribution is -0.135. The van der Waals surface area contributed by atoms with Crippen LogP contribution >= 0.6 is 0 Å². The molecule has 3 aliphatic rings. The lowest BCUT2D eigenvalue weighted by atomic mass is 9.98. The highest BCUT2D eigenvalue weighted by Crippen LogP contribution is 2.32. The van der Waals surface area contributed by atoms with Crippen LogP contribution in [0.1, 0.15) is 65.2 Å². The summed E-state index contributed by atoms with van der Waals surface area (Å²) in [7, 11) is 0. The first-order valence-corrected chi connectivity index (χ1v) is 11.4. The van der Waals surface area contributed by atoms with Gasteiger partial charge in [-0.1, -0.05) is 13.8 Å². The van der Waals surface area contributed by atoms with Crippen LogP contribution in [0.2, 0.25) is 0 Å². The quantitative estimate of drug-likeness (QED) is 0.654. The molecule has 0 bridgehead atoms. The van der Waals surface area contributed by atoms with Gasteiger partial charge in [-0.2, -0.15) is 0 Å². The summed E-state index contributed by atoms with van der Waals surface area (Å²) in [5.41, 5.74) is 0. The number of amides is 2. The van der Waals surface area contributed by atoms with Gasteiger partial charge in [0, 0.05) is 63.8 Å². The predicted octanol–water partition coefficient (Wildman–Crippen LogP) is 2.42. The van der Waals surface area contributed by atoms with E-state index in [9.17, 15) is 9.59 Å². The van der Waals surface area contributed by atoms with Crippen molar-refractivity contribution in [3.63, 3.8) is 0 Å². The zero-order valence-corrected chi connectivity index (χ0v) is 17.8. The molecule has 1 saturated carbocycles. The largest absolute Gasteiger partial charge is 0.381 e. The summed E-state index contributed by atoms with van der Waals surface area (Å²) in [6.07, 6.45) is 8.04. The van der Waals surface area contributed by atoms with Crippen LogP contribution < -0.4 is 5.32 Å². The third-order valence-electron chi connectivity index (χ3n) is 6.40. The minimum atomic E-state index is 0.162. The Hall–Kier alpha value is -1.14. The molecule has 160 valence electrons. The van der Waals surface area contributed by atoms with Crippen LogP contribution in [0.25, 0.3) is 0 Å². The highest BCUT2D eigenvalue weighted by atomic mass is 16.5. The molecule has 0 aromatic rings. The first-order valence-electron chi connectivity index (χ1n) is 11.4. The smallest absolute Gasteiger partial charge is 0.225 e. The van der Waals surface area contributed by atoms with E-state index in [1.165, 1.54) is 0 Å². The van der Waals surface area contributed by atoms with Crippen LogP contribution in [0.3, 0.4) is 0 Å². The van der Waals surface area contributed by atoms with Crippen molar-refractivity contribution in [2.75, 3.05) is 39.4 Å². The number of likely N-dealkylation sites (tertiary alicyclic amines) is 1. The summed E-state index contributed by atoms with van der Waals surface area (Å²) in [5, 5.41) is 3.12. The third-order valence-corrected chi connectivity index (χ3v) is 6.40. The van der Waals surface area contributed by atoms with Gasteiger partial charge in [-0.05, 0) is 50.9 Å². The van der Waals surface area contributed by atoms with Gasteiger partial charge in [0.2, 0.25) is 11.8 Å². The maximum Gasteiger partial charge on any atom is 0.225 e. The molecular formula is C22H39N3O3. The molecule has 1 unspecified atom stereocenters. The molecule has 1 N–H and O–H groups in total. The molecule has 2 heterocycles. The van der Waals surface area contributed by atoms with Gasteiger partial charge in [-0.25, -0.2) is 0 Å². The van der Waals surface area contributed by atoms with Gasteiger partial charge in [0.25, 0.3) is 0 Å². The molecule has 0 spiro atoms. The molecule has 6 heteroatoms. The van der Waals surface area contributed by atoms with Crippen molar-refractivity contribution < 1.29 is 14.3 Å². The molecule has 3 fully saturated rings. The van der Waals surface area contributed by atoms with E-state index >= 15 is 0 Å². The molecule has 0 radical (unpaired) electrons. The number of piperidine rings is 1. The number of hydrogen-bond donors (Lipinski definition) is 1. The molecule has 2 saturated heterocycles. The standard InChI is InChI=1S/C22H39N3O3/c1-17(2)5-8-21(26)23-11-13-25(19-9-14-28-15-10-19)20-4-3-12-24(16-20)22(27)18-6-7-18/h17-20H,3-16H2,1-2H3,(H,23,26). The zero-order chi connectivity index (χ0) is 19.9. The van der Waals surface area contributed by atoms with Crippen molar-refractivity contribution in [1.29, 1.82) is 0 Å². The van der Waals surface area contributed by atoms with Crippen molar-refractivity contribution in [2.45, 2.75) is 77.3 Å². The normalized spacial score (nSPS) is 24.0. The van der Waals surface area contributed by atoms with Gasteiger partial charge < -0.3 is 15.0 Å². The van der Waals surface area contributed by atoms with Crippen LogP contribution in [-0.4, -0.2) is 73.1 Å². The van der Waals surface area contributed by atoms with Gasteiger partial charge in [0.1, 0.15) is 0 Å². The van der Waals surface area contributed by atoms with E-state index in [1.807, 2.05) is 0 Å². The molecule has 3 rings (SSSR count). The van der Waals surface area contributed by atoms with Crippen LogP contribution in [0.4, 0.5) is 0 Å². The molecule has 2 aliphatic heterocycles. The van der Waals surface area contributed by atoms with E-state index in [1.54, 1.807) is 0 Å². The number of ether oxygens (including phenoxy) is 1. The molecule has 1 aliphatic carbocycles. The summed E-state index contributed by atoms with van der Waals surface area (Å²) in [4.78, 5) is 29.4. The predicted molar refractivity (Wildman–Crippen MR) is 110 cm³/mol. The highest BCUT2D eigenvalue weighted by molar-refractivity contribution is 5.81. The summed E-state index contributed by atoms with van der Waals surface area (Å²) in [5.74, 6) is 1.39. The Kier molecular flexibility index (Phi) is 8.15. The zero-order valence-electron chi connectivity index (χ0n) is 17.8. The Morgan fingerprint density at radius 1 is 1.11 bits per heavy atom. The first kappa shape index (κ1) is 21.6. The average Bonchev–Trinajstić information content (AvgIpc) is 3.55. The Labute approximate surface area is 170 Å². The monoisotopic (exact) mass is 393 g/mol. The van der Waals surface area contributed by atoms with E-state index < -0.39 is 0 Å². The second-order valence-corrected chi connectivity index (χ2v) is 9.22. The second kappa shape index (κ2) is 10.6. The maximum atomic E-state index is 12.6. The van der Waals surface area contributed by atoms with E-state index in [0.717, 1.165) is 77.8 Å². The van der Waals surface area contributed by atoms with Crippen molar-refractivity contribution in [1.82, 2.24) is 15.1 Å². The average molecular weight is 394 g/mol. The third kappa shape index (κ3) is 6.45. The van der Waals surface area contributed by atoms with Crippen LogP contribution in [0.5, 0.6) is 0 Å². The Morgan fingerprint density at radius 3 is 2.54 bits per heavy atom. The number of nitrogens with one attached hydrogen (secondary N) is 1. The fourth-order valence-corrected chi connectivity index (χ4v) is 4.53. The first-order chi connectivity index (χ1) is 13.5. The number of carbonyl (C=O) groups is 2. The van der Waals surface area contributed by atoms with Gasteiger partial charge in [-0.3, -0.25) is 14.5 Å². The molecule has 1 atom stereocenters. The van der Waals surface area contributed by atoms with Gasteiger partial charge >= 0.3 is 0 Å². The van der Waals surface area contributed by atoms with Gasteiger partial charge in [0.05, 0.1) is 0 Å². The van der Waals surface area contributed by atoms with Crippen molar-refractivity contribution in [3.8, 4) is 0 Å². The van der Waals surface area contributed by atoms with Crippen LogP contribution in [-0.2, 0) is 14.3 Å². The van der Waals surface area contributed by atoms with Crippen molar-refractivity contribution in [2.24, 2.45) is 11.8 Å². The Bertz CT molecular complexity index is 515. The number of rotatable bonds is 9. The fraction of sp³-hybridized carbons (Fsp3) is 0.909. The molecule has 0 aromatic carbocycles. The van der Waals surface area contributed by atoms with Crippen LogP contribution in [0, 0.1) is 11.8 Å². The molecular weight excluding hydrogens is 354 g/mol. The molecule has 2 amide bonds. The van der Waals surface area contributed by atoms with Crippen molar-refractivity contribution >= 4 is 11.8 Å². The highest BCUT2D eigenvalue weighted by Gasteiger charge is 2.37. The molecule has 0 aromatic heterocycles. The van der Waals surface area contributed by atoms with E-state index in [2.05, 4.69) is 29.0 Å². The minimum Gasteiger partial charge on any atom is -0.381 e. The van der Waals surface area contributed by atoms with E-state index in [4.69, 9.17) is 4.74 Å². The van der Waals surface area contributed by atoms with Crippen molar-refractivity contribution in [3.05, 3.63) is 0 Å². The lowest BCUT2D eigenvalue weighted by Gasteiger charge is -2.44. The number of nitrogens with zero attached hydrogens (tertiary/aromatic N) is 2. The van der Waals surface area contributed by atoms with Gasteiger partial charge in [0.15, 0.2) is 0 Å². The molecule has 28 heavy (non-hydrogen) atoms. The summed E-state index contributed by atoms with van der Waals surface area (Å²) < 4.78 is 5.57. The molecule has 6 nitrogen and oxygen atoms in total. The summed E-state index contributed by atoms with van der Waals surface area (Å²) >= 11 is 0. The Balaban J connectivity index is 1.53. The fourth-order valence-electron chi connectivity index (χ4n) is 4.53. The minimum absolute atomic E-state index is 0.162.